The van der Waals surface area contributed by atoms with E-state index in [9.17, 15) is 9.18 Å². The van der Waals surface area contributed by atoms with Crippen LogP contribution in [0.2, 0.25) is 0 Å². The molecule has 0 aliphatic carbocycles. The summed E-state index contributed by atoms with van der Waals surface area (Å²) in [5, 5.41) is 1.13. The molecule has 1 aliphatic rings. The van der Waals surface area contributed by atoms with Crippen molar-refractivity contribution in [3.63, 3.8) is 0 Å². The summed E-state index contributed by atoms with van der Waals surface area (Å²) in [4.78, 5) is 20.2. The van der Waals surface area contributed by atoms with Crippen LogP contribution >= 0.6 is 0 Å². The lowest BCUT2D eigenvalue weighted by Gasteiger charge is -2.36. The molecule has 0 saturated carbocycles. The van der Waals surface area contributed by atoms with Crippen molar-refractivity contribution in [2.75, 3.05) is 31.1 Å². The normalized spacial score (nSPS) is 14.8. The van der Waals surface area contributed by atoms with E-state index in [2.05, 4.69) is 30.1 Å². The number of hydrogen-bond acceptors (Lipinski definition) is 2. The van der Waals surface area contributed by atoms with E-state index in [0.29, 0.717) is 38.3 Å². The van der Waals surface area contributed by atoms with Crippen molar-refractivity contribution in [3.8, 4) is 0 Å². The Labute approximate surface area is 158 Å². The molecule has 140 valence electrons. The summed E-state index contributed by atoms with van der Waals surface area (Å²) in [5.41, 5.74) is 5.01. The van der Waals surface area contributed by atoms with E-state index < -0.39 is 0 Å². The van der Waals surface area contributed by atoms with Crippen LogP contribution in [-0.4, -0.2) is 42.0 Å². The van der Waals surface area contributed by atoms with Gasteiger partial charge in [-0.15, -0.1) is 0 Å². The zero-order valence-electron chi connectivity index (χ0n) is 15.8. The van der Waals surface area contributed by atoms with Crippen molar-refractivity contribution in [3.05, 3.63) is 65.1 Å². The molecule has 0 radical (unpaired) electrons. The monoisotopic (exact) mass is 365 g/mol. The summed E-state index contributed by atoms with van der Waals surface area (Å²) >= 11 is 0. The number of aromatic amines is 1. The molecule has 1 amide bonds. The minimum atomic E-state index is -0.206. The van der Waals surface area contributed by atoms with E-state index in [0.717, 1.165) is 22.2 Å². The highest BCUT2D eigenvalue weighted by Gasteiger charge is 2.24. The van der Waals surface area contributed by atoms with E-state index in [4.69, 9.17) is 0 Å². The maximum absolute atomic E-state index is 14.0. The number of H-pyrrole nitrogens is 1. The van der Waals surface area contributed by atoms with Gasteiger partial charge in [0.15, 0.2) is 0 Å². The molecule has 0 unspecified atom stereocenters. The van der Waals surface area contributed by atoms with Gasteiger partial charge in [-0.05, 0) is 43.7 Å². The molecular weight excluding hydrogens is 341 g/mol. The van der Waals surface area contributed by atoms with Crippen LogP contribution in [0.4, 0.5) is 10.1 Å². The van der Waals surface area contributed by atoms with Crippen molar-refractivity contribution in [2.24, 2.45) is 0 Å². The quantitative estimate of drug-likeness (QED) is 0.767. The summed E-state index contributed by atoms with van der Waals surface area (Å²) < 4.78 is 14.0. The summed E-state index contributed by atoms with van der Waals surface area (Å²) in [6.07, 6.45) is 0.398. The number of anilines is 1. The van der Waals surface area contributed by atoms with Crippen LogP contribution in [-0.2, 0) is 11.2 Å². The summed E-state index contributed by atoms with van der Waals surface area (Å²) in [6.45, 7) is 6.63. The molecular formula is C22H24FN3O. The molecule has 0 bridgehead atoms. The highest BCUT2D eigenvalue weighted by atomic mass is 19.1. The number of hydrogen-bond donors (Lipinski definition) is 1. The van der Waals surface area contributed by atoms with Crippen molar-refractivity contribution in [1.82, 2.24) is 9.88 Å². The Morgan fingerprint density at radius 1 is 1.07 bits per heavy atom. The fourth-order valence-electron chi connectivity index (χ4n) is 3.89. The van der Waals surface area contributed by atoms with Crippen LogP contribution < -0.4 is 4.90 Å². The highest BCUT2D eigenvalue weighted by Crippen LogP contribution is 2.25. The zero-order valence-corrected chi connectivity index (χ0v) is 15.8. The Hall–Kier alpha value is -2.82. The van der Waals surface area contributed by atoms with Gasteiger partial charge in [-0.1, -0.05) is 23.8 Å². The topological polar surface area (TPSA) is 39.3 Å². The molecule has 4 rings (SSSR count). The molecule has 2 aromatic carbocycles. The summed E-state index contributed by atoms with van der Waals surface area (Å²) in [6, 6.07) is 13.1. The number of amides is 1. The highest BCUT2D eigenvalue weighted by molar-refractivity contribution is 5.90. The number of aromatic nitrogens is 1. The number of nitrogens with one attached hydrogen (secondary N) is 1. The molecule has 1 N–H and O–H groups in total. The van der Waals surface area contributed by atoms with Crippen LogP contribution in [0.3, 0.4) is 0 Å². The number of piperazine rings is 1. The van der Waals surface area contributed by atoms with E-state index in [1.165, 1.54) is 11.6 Å². The molecule has 1 fully saturated rings. The van der Waals surface area contributed by atoms with Gasteiger partial charge in [-0.2, -0.15) is 0 Å². The van der Waals surface area contributed by atoms with Crippen molar-refractivity contribution >= 4 is 22.5 Å². The first-order chi connectivity index (χ1) is 13.0. The molecule has 27 heavy (non-hydrogen) atoms. The SMILES string of the molecule is Cc1ccc2[nH]c(C)c(CC(=O)N3CCN(c4ccccc4F)CC3)c2c1. The summed E-state index contributed by atoms with van der Waals surface area (Å²) in [5.74, 6) is -0.0734. The maximum Gasteiger partial charge on any atom is 0.227 e. The van der Waals surface area contributed by atoms with Gasteiger partial charge in [0.1, 0.15) is 5.82 Å². The van der Waals surface area contributed by atoms with Gasteiger partial charge in [0.05, 0.1) is 12.1 Å². The van der Waals surface area contributed by atoms with E-state index in [-0.39, 0.29) is 11.7 Å². The Morgan fingerprint density at radius 2 is 1.81 bits per heavy atom. The Balaban J connectivity index is 1.45. The van der Waals surface area contributed by atoms with Crippen LogP contribution in [0, 0.1) is 19.7 Å². The second kappa shape index (κ2) is 7.06. The molecule has 4 nitrogen and oxygen atoms in total. The Morgan fingerprint density at radius 3 is 2.56 bits per heavy atom. The molecule has 1 aliphatic heterocycles. The Kier molecular flexibility index (Phi) is 4.60. The smallest absolute Gasteiger partial charge is 0.227 e. The van der Waals surface area contributed by atoms with Gasteiger partial charge in [-0.25, -0.2) is 4.39 Å². The van der Waals surface area contributed by atoms with E-state index >= 15 is 0 Å². The van der Waals surface area contributed by atoms with Gasteiger partial charge < -0.3 is 14.8 Å². The lowest BCUT2D eigenvalue weighted by molar-refractivity contribution is -0.130. The fraction of sp³-hybridized carbons (Fsp3) is 0.318. The number of carbonyl (C=O) groups is 1. The third-order valence-electron chi connectivity index (χ3n) is 5.43. The zero-order chi connectivity index (χ0) is 19.0. The minimum Gasteiger partial charge on any atom is -0.366 e. The first-order valence-corrected chi connectivity index (χ1v) is 9.38. The van der Waals surface area contributed by atoms with Crippen LogP contribution in [0.1, 0.15) is 16.8 Å². The molecule has 3 aromatic rings. The predicted molar refractivity (Wildman–Crippen MR) is 107 cm³/mol. The van der Waals surface area contributed by atoms with Crippen molar-refractivity contribution in [1.29, 1.82) is 0 Å². The van der Waals surface area contributed by atoms with Crippen molar-refractivity contribution in [2.45, 2.75) is 20.3 Å². The molecule has 1 saturated heterocycles. The van der Waals surface area contributed by atoms with Crippen LogP contribution in [0.25, 0.3) is 10.9 Å². The van der Waals surface area contributed by atoms with Gasteiger partial charge in [0, 0.05) is 42.8 Å². The number of fused-ring (bicyclic) bond motifs is 1. The van der Waals surface area contributed by atoms with E-state index in [1.54, 1.807) is 12.1 Å². The minimum absolute atomic E-state index is 0.133. The predicted octanol–water partition coefficient (Wildman–Crippen LogP) is 3.82. The average molecular weight is 365 g/mol. The van der Waals surface area contributed by atoms with Gasteiger partial charge in [-0.3, -0.25) is 4.79 Å². The van der Waals surface area contributed by atoms with Gasteiger partial charge >= 0.3 is 0 Å². The fourth-order valence-corrected chi connectivity index (χ4v) is 3.89. The molecule has 2 heterocycles. The largest absolute Gasteiger partial charge is 0.366 e. The number of aryl methyl sites for hydroxylation is 2. The van der Waals surface area contributed by atoms with Gasteiger partial charge in [0.25, 0.3) is 0 Å². The number of para-hydroxylation sites is 1. The lowest BCUT2D eigenvalue weighted by Crippen LogP contribution is -2.49. The number of halogens is 1. The maximum atomic E-state index is 14.0. The first kappa shape index (κ1) is 17.6. The number of benzene rings is 2. The summed E-state index contributed by atoms with van der Waals surface area (Å²) in [7, 11) is 0. The average Bonchev–Trinajstić information content (AvgIpc) is 2.97. The first-order valence-electron chi connectivity index (χ1n) is 9.38. The number of carbonyl (C=O) groups excluding carboxylic acids is 1. The number of nitrogens with zero attached hydrogens (tertiary/aromatic N) is 2. The number of rotatable bonds is 3. The third kappa shape index (κ3) is 3.42. The lowest BCUT2D eigenvalue weighted by atomic mass is 10.0. The second-order valence-corrected chi connectivity index (χ2v) is 7.27. The standard InChI is InChI=1S/C22H24FN3O/c1-15-7-8-20-18(13-15)17(16(2)24-20)14-22(27)26-11-9-25(10-12-26)21-6-4-3-5-19(21)23/h3-8,13,24H,9-12,14H2,1-2H3. The van der Waals surface area contributed by atoms with Crippen molar-refractivity contribution < 1.29 is 9.18 Å². The molecule has 0 spiro atoms. The Bertz CT molecular complexity index is 986. The second-order valence-electron chi connectivity index (χ2n) is 7.27. The van der Waals surface area contributed by atoms with Crippen LogP contribution in [0.5, 0.6) is 0 Å². The van der Waals surface area contributed by atoms with E-state index in [1.807, 2.05) is 22.8 Å². The molecule has 0 atom stereocenters. The van der Waals surface area contributed by atoms with Crippen LogP contribution in [0.15, 0.2) is 42.5 Å². The van der Waals surface area contributed by atoms with Gasteiger partial charge in [0.2, 0.25) is 5.91 Å². The molecule has 1 aromatic heterocycles. The molecule has 5 heteroatoms. The third-order valence-corrected chi connectivity index (χ3v) is 5.43.